The maximum Gasteiger partial charge on any atom is -0.00773 e. The van der Waals surface area contributed by atoms with Crippen LogP contribution >= 0.6 is 12.4 Å². The summed E-state index contributed by atoms with van der Waals surface area (Å²) in [7, 11) is 0. The van der Waals surface area contributed by atoms with Crippen molar-refractivity contribution in [1.82, 2.24) is 0 Å². The average molecular weight is 304 g/mol. The number of nitrogens with two attached hydrogens (primary N) is 1. The van der Waals surface area contributed by atoms with Crippen molar-refractivity contribution >= 4 is 12.4 Å². The first-order valence-corrected chi connectivity index (χ1v) is 8.77. The molecule has 0 aliphatic carbocycles. The summed E-state index contributed by atoms with van der Waals surface area (Å²) in [6, 6.07) is 0. The van der Waals surface area contributed by atoms with Gasteiger partial charge in [0.05, 0.1) is 0 Å². The van der Waals surface area contributed by atoms with E-state index in [1.165, 1.54) is 89.9 Å². The van der Waals surface area contributed by atoms with Crippen LogP contribution in [0, 0.1) is 0 Å². The molecule has 0 spiro atoms. The van der Waals surface area contributed by atoms with Crippen molar-refractivity contribution in [3.63, 3.8) is 0 Å². The molecule has 0 amide bonds. The molecule has 0 aromatic heterocycles. The van der Waals surface area contributed by atoms with Gasteiger partial charge in [0.1, 0.15) is 0 Å². The summed E-state index contributed by atoms with van der Waals surface area (Å²) in [5, 5.41) is 0. The molecule has 1 nitrogen and oxygen atoms in total. The van der Waals surface area contributed by atoms with Gasteiger partial charge in [-0.2, -0.15) is 0 Å². The van der Waals surface area contributed by atoms with Gasteiger partial charge in [-0.3, -0.25) is 0 Å². The molecular weight excluding hydrogens is 266 g/mol. The zero-order valence-electron chi connectivity index (χ0n) is 13.7. The largest absolute Gasteiger partial charge is 0.330 e. The molecule has 0 atom stereocenters. The van der Waals surface area contributed by atoms with E-state index in [-0.39, 0.29) is 12.4 Å². The molecule has 0 aliphatic rings. The monoisotopic (exact) mass is 303 g/mol. The van der Waals surface area contributed by atoms with Gasteiger partial charge < -0.3 is 5.73 Å². The van der Waals surface area contributed by atoms with Crippen LogP contribution < -0.4 is 5.73 Å². The van der Waals surface area contributed by atoms with Gasteiger partial charge in [-0.15, -0.1) is 12.4 Å². The molecule has 0 fully saturated rings. The Morgan fingerprint density at radius 2 is 1.00 bits per heavy atom. The molecule has 0 rings (SSSR count). The fraction of sp³-hybridized carbons (Fsp3) is 0.889. The minimum Gasteiger partial charge on any atom is -0.330 e. The molecular formula is C18H38ClN. The number of halogens is 1. The second kappa shape index (κ2) is 21.3. The molecule has 2 N–H and O–H groups in total. The van der Waals surface area contributed by atoms with Crippen LogP contribution in [0.4, 0.5) is 0 Å². The van der Waals surface area contributed by atoms with Crippen LogP contribution in [0.2, 0.25) is 0 Å². The zero-order valence-corrected chi connectivity index (χ0v) is 14.6. The molecule has 0 heterocycles. The molecule has 122 valence electrons. The standard InChI is InChI=1S/C18H37N.ClH/c1-2-3-4-5-6-7-8-9-10-11-12-13-14-15-16-17-18-19;/h9-10H,2-8,11-19H2,1H3;1H/b10-9+;. The van der Waals surface area contributed by atoms with Crippen LogP contribution in [-0.4, -0.2) is 6.54 Å². The molecule has 0 aromatic rings. The van der Waals surface area contributed by atoms with Crippen LogP contribution in [0.5, 0.6) is 0 Å². The summed E-state index contributed by atoms with van der Waals surface area (Å²) < 4.78 is 0. The molecule has 0 bridgehead atoms. The van der Waals surface area contributed by atoms with Crippen molar-refractivity contribution in [2.75, 3.05) is 6.54 Å². The van der Waals surface area contributed by atoms with Crippen molar-refractivity contribution in [2.24, 2.45) is 5.73 Å². The van der Waals surface area contributed by atoms with E-state index in [1.54, 1.807) is 0 Å². The molecule has 0 aromatic carbocycles. The van der Waals surface area contributed by atoms with Crippen LogP contribution in [0.15, 0.2) is 12.2 Å². The van der Waals surface area contributed by atoms with Gasteiger partial charge in [-0.25, -0.2) is 0 Å². The topological polar surface area (TPSA) is 26.0 Å². The first-order valence-electron chi connectivity index (χ1n) is 8.77. The number of allylic oxidation sites excluding steroid dienone is 2. The average Bonchev–Trinajstić information content (AvgIpc) is 2.43. The van der Waals surface area contributed by atoms with E-state index in [9.17, 15) is 0 Å². The van der Waals surface area contributed by atoms with Crippen LogP contribution in [0.25, 0.3) is 0 Å². The highest BCUT2D eigenvalue weighted by Crippen LogP contribution is 2.09. The smallest absolute Gasteiger partial charge is 0.00773 e. The van der Waals surface area contributed by atoms with Gasteiger partial charge in [0.25, 0.3) is 0 Å². The van der Waals surface area contributed by atoms with Gasteiger partial charge in [0.15, 0.2) is 0 Å². The lowest BCUT2D eigenvalue weighted by molar-refractivity contribution is 0.599. The predicted molar refractivity (Wildman–Crippen MR) is 95.8 cm³/mol. The molecule has 0 saturated heterocycles. The lowest BCUT2D eigenvalue weighted by atomic mass is 10.1. The lowest BCUT2D eigenvalue weighted by Crippen LogP contribution is -1.97. The summed E-state index contributed by atoms with van der Waals surface area (Å²) in [6.45, 7) is 3.14. The van der Waals surface area contributed by atoms with Crippen molar-refractivity contribution < 1.29 is 0 Å². The van der Waals surface area contributed by atoms with Gasteiger partial charge in [0, 0.05) is 0 Å². The third kappa shape index (κ3) is 20.3. The number of rotatable bonds is 15. The minimum atomic E-state index is 0. The van der Waals surface area contributed by atoms with Crippen LogP contribution in [-0.2, 0) is 0 Å². The van der Waals surface area contributed by atoms with Crippen molar-refractivity contribution in [1.29, 1.82) is 0 Å². The summed E-state index contributed by atoms with van der Waals surface area (Å²) in [5.41, 5.74) is 5.47. The maximum absolute atomic E-state index is 5.47. The van der Waals surface area contributed by atoms with E-state index in [1.807, 2.05) is 0 Å². The Kier molecular flexibility index (Phi) is 23.7. The molecule has 0 unspecified atom stereocenters. The Labute approximate surface area is 134 Å². The Morgan fingerprint density at radius 1 is 0.600 bits per heavy atom. The first-order chi connectivity index (χ1) is 9.41. The minimum absolute atomic E-state index is 0. The summed E-state index contributed by atoms with van der Waals surface area (Å²) in [6.07, 6.45) is 23.9. The highest BCUT2D eigenvalue weighted by atomic mass is 35.5. The first kappa shape index (κ1) is 22.3. The highest BCUT2D eigenvalue weighted by molar-refractivity contribution is 5.85. The Bertz CT molecular complexity index is 180. The van der Waals surface area contributed by atoms with Crippen molar-refractivity contribution in [2.45, 2.75) is 96.8 Å². The quantitative estimate of drug-likeness (QED) is 0.275. The normalized spacial score (nSPS) is 10.9. The predicted octanol–water partition coefficient (Wildman–Crippen LogP) is 6.40. The molecule has 0 aliphatic heterocycles. The summed E-state index contributed by atoms with van der Waals surface area (Å²) in [5.74, 6) is 0. The number of hydrogen-bond acceptors (Lipinski definition) is 1. The van der Waals surface area contributed by atoms with Gasteiger partial charge in [-0.1, -0.05) is 76.9 Å². The Balaban J connectivity index is 0. The summed E-state index contributed by atoms with van der Waals surface area (Å²) in [4.78, 5) is 0. The van der Waals surface area contributed by atoms with Gasteiger partial charge >= 0.3 is 0 Å². The van der Waals surface area contributed by atoms with E-state index < -0.39 is 0 Å². The lowest BCUT2D eigenvalue weighted by Gasteiger charge is -1.99. The maximum atomic E-state index is 5.47. The van der Waals surface area contributed by atoms with Gasteiger partial charge in [-0.05, 0) is 38.6 Å². The Hall–Kier alpha value is -0.0100. The SMILES string of the molecule is CCCCCCCC/C=C/CCCCCCCCN.Cl. The van der Waals surface area contributed by atoms with Crippen molar-refractivity contribution in [3.05, 3.63) is 12.2 Å². The molecule has 0 radical (unpaired) electrons. The fourth-order valence-electron chi connectivity index (χ4n) is 2.39. The number of hydrogen-bond donors (Lipinski definition) is 1. The van der Waals surface area contributed by atoms with E-state index in [2.05, 4.69) is 19.1 Å². The third-order valence-corrected chi connectivity index (χ3v) is 3.72. The fourth-order valence-corrected chi connectivity index (χ4v) is 2.39. The summed E-state index contributed by atoms with van der Waals surface area (Å²) >= 11 is 0. The molecule has 2 heteroatoms. The molecule has 0 saturated carbocycles. The highest BCUT2D eigenvalue weighted by Gasteiger charge is 1.90. The van der Waals surface area contributed by atoms with Crippen LogP contribution in [0.1, 0.15) is 96.8 Å². The Morgan fingerprint density at radius 3 is 1.45 bits per heavy atom. The van der Waals surface area contributed by atoms with Crippen LogP contribution in [0.3, 0.4) is 0 Å². The van der Waals surface area contributed by atoms with E-state index in [0.29, 0.717) is 0 Å². The second-order valence-electron chi connectivity index (χ2n) is 5.73. The third-order valence-electron chi connectivity index (χ3n) is 3.72. The second-order valence-corrected chi connectivity index (χ2v) is 5.73. The zero-order chi connectivity index (χ0) is 14.0. The molecule has 20 heavy (non-hydrogen) atoms. The van der Waals surface area contributed by atoms with E-state index in [4.69, 9.17) is 5.73 Å². The van der Waals surface area contributed by atoms with Crippen molar-refractivity contribution in [3.8, 4) is 0 Å². The van der Waals surface area contributed by atoms with E-state index >= 15 is 0 Å². The number of unbranched alkanes of at least 4 members (excludes halogenated alkanes) is 12. The van der Waals surface area contributed by atoms with E-state index in [0.717, 1.165) is 6.54 Å². The van der Waals surface area contributed by atoms with Gasteiger partial charge in [0.2, 0.25) is 0 Å².